The Hall–Kier alpha value is -3.49. The molecule has 3 aromatic carbocycles. The highest BCUT2D eigenvalue weighted by Crippen LogP contribution is 2.37. The van der Waals surface area contributed by atoms with Crippen LogP contribution in [0, 0.1) is 41.8 Å². The largest absolute Gasteiger partial charge is 0.490 e. The minimum Gasteiger partial charge on any atom is -0.490 e. The number of hydrogen-bond acceptors (Lipinski definition) is 3. The van der Waals surface area contributed by atoms with Crippen LogP contribution in [0.2, 0.25) is 0 Å². The van der Waals surface area contributed by atoms with Gasteiger partial charge < -0.3 is 9.47 Å². The molecule has 208 valence electrons. The predicted octanol–water partition coefficient (Wildman–Crippen LogP) is 8.56. The molecule has 0 spiro atoms. The zero-order valence-electron chi connectivity index (χ0n) is 21.6. The van der Waals surface area contributed by atoms with E-state index in [1.165, 1.54) is 13.0 Å². The van der Waals surface area contributed by atoms with Crippen molar-refractivity contribution >= 4 is 5.97 Å². The Labute approximate surface area is 222 Å². The Balaban J connectivity index is 1.44. The molecule has 0 heterocycles. The molecule has 4 rings (SSSR count). The van der Waals surface area contributed by atoms with Gasteiger partial charge in [-0.3, -0.25) is 0 Å². The summed E-state index contributed by atoms with van der Waals surface area (Å²) >= 11 is 0. The number of rotatable bonds is 8. The maximum atomic E-state index is 14.9. The van der Waals surface area contributed by atoms with Crippen molar-refractivity contribution in [2.24, 2.45) is 0 Å². The van der Waals surface area contributed by atoms with Crippen LogP contribution in [0.15, 0.2) is 36.4 Å². The van der Waals surface area contributed by atoms with Gasteiger partial charge in [0.25, 0.3) is 0 Å². The number of carbonyl (C=O) groups excluding carboxylic acids is 1. The molecule has 0 N–H and O–H groups in total. The highest BCUT2D eigenvalue weighted by molar-refractivity contribution is 5.90. The standard InChI is InChI=1S/C30H28F6O3/c1-3-4-15-38-23-14-13-21(27(34)29(23)36)20-11-12-22(28(35)26(20)33)30(37)39-18-8-6-17(7-9-18)19-10-5-16(2)24(31)25(19)32/h5,10-14,17-18H,3-4,6-9,15H2,1-2H3. The van der Waals surface area contributed by atoms with E-state index in [0.717, 1.165) is 30.7 Å². The fourth-order valence-corrected chi connectivity index (χ4v) is 4.78. The average molecular weight is 551 g/mol. The lowest BCUT2D eigenvalue weighted by Gasteiger charge is -2.29. The molecule has 0 aliphatic heterocycles. The van der Waals surface area contributed by atoms with Crippen LogP contribution < -0.4 is 4.74 Å². The van der Waals surface area contributed by atoms with Crippen molar-refractivity contribution in [2.45, 2.75) is 64.4 Å². The lowest BCUT2D eigenvalue weighted by Crippen LogP contribution is -2.25. The molecule has 1 fully saturated rings. The summed E-state index contributed by atoms with van der Waals surface area (Å²) in [5, 5.41) is 0. The molecule has 0 bridgehead atoms. The van der Waals surface area contributed by atoms with Gasteiger partial charge in [0.15, 0.2) is 34.8 Å². The quantitative estimate of drug-likeness (QED) is 0.160. The van der Waals surface area contributed by atoms with Gasteiger partial charge in [0.1, 0.15) is 6.10 Å². The van der Waals surface area contributed by atoms with E-state index in [2.05, 4.69) is 0 Å². The number of ether oxygens (including phenoxy) is 2. The van der Waals surface area contributed by atoms with Crippen LogP contribution in [0.4, 0.5) is 26.3 Å². The van der Waals surface area contributed by atoms with Crippen molar-refractivity contribution in [3.63, 3.8) is 0 Å². The SMILES string of the molecule is CCCCOc1ccc(-c2ccc(C(=O)OC3CCC(c4ccc(C)c(F)c4F)CC3)c(F)c2F)c(F)c1F. The molecule has 3 aromatic rings. The Morgan fingerprint density at radius 3 is 2.08 bits per heavy atom. The fraction of sp³-hybridized carbons (Fsp3) is 0.367. The van der Waals surface area contributed by atoms with Crippen LogP contribution in [-0.4, -0.2) is 18.7 Å². The summed E-state index contributed by atoms with van der Waals surface area (Å²) in [5.74, 6) is -9.29. The van der Waals surface area contributed by atoms with Crippen molar-refractivity contribution in [1.82, 2.24) is 0 Å². The molecule has 39 heavy (non-hydrogen) atoms. The van der Waals surface area contributed by atoms with Crippen molar-refractivity contribution in [3.05, 3.63) is 88.0 Å². The summed E-state index contributed by atoms with van der Waals surface area (Å²) < 4.78 is 97.8. The van der Waals surface area contributed by atoms with Crippen LogP contribution >= 0.6 is 0 Å². The number of benzene rings is 3. The molecular weight excluding hydrogens is 522 g/mol. The van der Waals surface area contributed by atoms with Gasteiger partial charge in [-0.05, 0) is 74.3 Å². The Bertz CT molecular complexity index is 1370. The first-order valence-electron chi connectivity index (χ1n) is 12.9. The van der Waals surface area contributed by atoms with E-state index in [1.807, 2.05) is 6.92 Å². The number of carbonyl (C=O) groups is 1. The molecule has 0 radical (unpaired) electrons. The van der Waals surface area contributed by atoms with Crippen LogP contribution in [0.25, 0.3) is 11.1 Å². The third kappa shape index (κ3) is 5.92. The lowest BCUT2D eigenvalue weighted by atomic mass is 9.82. The monoisotopic (exact) mass is 550 g/mol. The summed E-state index contributed by atoms with van der Waals surface area (Å²) in [6.07, 6.45) is 2.27. The second-order valence-electron chi connectivity index (χ2n) is 9.71. The summed E-state index contributed by atoms with van der Waals surface area (Å²) in [6, 6.07) is 7.21. The maximum Gasteiger partial charge on any atom is 0.341 e. The summed E-state index contributed by atoms with van der Waals surface area (Å²) in [4.78, 5) is 12.6. The highest BCUT2D eigenvalue weighted by atomic mass is 19.2. The predicted molar refractivity (Wildman–Crippen MR) is 134 cm³/mol. The zero-order valence-corrected chi connectivity index (χ0v) is 21.6. The highest BCUT2D eigenvalue weighted by Gasteiger charge is 2.30. The Morgan fingerprint density at radius 2 is 1.41 bits per heavy atom. The van der Waals surface area contributed by atoms with Gasteiger partial charge in [0.05, 0.1) is 12.2 Å². The van der Waals surface area contributed by atoms with Gasteiger partial charge in [-0.1, -0.05) is 31.5 Å². The van der Waals surface area contributed by atoms with Crippen molar-refractivity contribution in [3.8, 4) is 16.9 Å². The molecule has 0 saturated heterocycles. The van der Waals surface area contributed by atoms with Crippen molar-refractivity contribution in [1.29, 1.82) is 0 Å². The van der Waals surface area contributed by atoms with Gasteiger partial charge in [-0.15, -0.1) is 0 Å². The van der Waals surface area contributed by atoms with E-state index in [0.29, 0.717) is 32.1 Å². The summed E-state index contributed by atoms with van der Waals surface area (Å²) in [5.41, 5.74) is -1.31. The smallest absolute Gasteiger partial charge is 0.341 e. The summed E-state index contributed by atoms with van der Waals surface area (Å²) in [6.45, 7) is 3.56. The number of aryl methyl sites for hydroxylation is 1. The van der Waals surface area contributed by atoms with Crippen LogP contribution in [0.5, 0.6) is 5.75 Å². The first-order chi connectivity index (χ1) is 18.6. The maximum absolute atomic E-state index is 14.9. The molecule has 0 amide bonds. The third-order valence-corrected chi connectivity index (χ3v) is 7.09. The average Bonchev–Trinajstić information content (AvgIpc) is 2.92. The molecule has 9 heteroatoms. The lowest BCUT2D eigenvalue weighted by molar-refractivity contribution is 0.0188. The van der Waals surface area contributed by atoms with Gasteiger partial charge >= 0.3 is 5.97 Å². The summed E-state index contributed by atoms with van der Waals surface area (Å²) in [7, 11) is 0. The molecule has 1 aliphatic rings. The Kier molecular flexibility index (Phi) is 8.87. The number of esters is 1. The molecule has 0 atom stereocenters. The molecule has 3 nitrogen and oxygen atoms in total. The second kappa shape index (κ2) is 12.1. The normalized spacial score (nSPS) is 17.2. The first-order valence-corrected chi connectivity index (χ1v) is 12.9. The molecule has 1 aliphatic carbocycles. The van der Waals surface area contributed by atoms with Crippen LogP contribution in [-0.2, 0) is 4.74 Å². The first kappa shape index (κ1) is 28.5. The van der Waals surface area contributed by atoms with Crippen molar-refractivity contribution < 1.29 is 40.6 Å². The van der Waals surface area contributed by atoms with E-state index in [1.54, 1.807) is 6.07 Å². The topological polar surface area (TPSA) is 35.5 Å². The molecule has 0 unspecified atom stereocenters. The Morgan fingerprint density at radius 1 is 0.769 bits per heavy atom. The van der Waals surface area contributed by atoms with E-state index < -0.39 is 63.7 Å². The van der Waals surface area contributed by atoms with E-state index in [-0.39, 0.29) is 29.4 Å². The van der Waals surface area contributed by atoms with Gasteiger partial charge in [0, 0.05) is 11.1 Å². The number of halogens is 6. The van der Waals surface area contributed by atoms with Crippen molar-refractivity contribution in [2.75, 3.05) is 6.61 Å². The minimum absolute atomic E-state index is 0.176. The number of unbranched alkanes of at least 4 members (excludes halogenated alkanes) is 1. The number of hydrogen-bond donors (Lipinski definition) is 0. The van der Waals surface area contributed by atoms with E-state index in [9.17, 15) is 31.1 Å². The van der Waals surface area contributed by atoms with Gasteiger partial charge in [0.2, 0.25) is 5.82 Å². The fourth-order valence-electron chi connectivity index (χ4n) is 4.78. The zero-order chi connectivity index (χ0) is 28.3. The van der Waals surface area contributed by atoms with E-state index in [4.69, 9.17) is 9.47 Å². The van der Waals surface area contributed by atoms with Crippen LogP contribution in [0.3, 0.4) is 0 Å². The second-order valence-corrected chi connectivity index (χ2v) is 9.71. The van der Waals surface area contributed by atoms with Gasteiger partial charge in [-0.25, -0.2) is 26.7 Å². The minimum atomic E-state index is -1.55. The third-order valence-electron chi connectivity index (χ3n) is 7.09. The molecule has 0 aromatic heterocycles. The molecule has 1 saturated carbocycles. The van der Waals surface area contributed by atoms with Gasteiger partial charge in [-0.2, -0.15) is 4.39 Å². The van der Waals surface area contributed by atoms with Crippen LogP contribution in [0.1, 0.15) is 72.9 Å². The molecular formula is C30H28F6O3. The van der Waals surface area contributed by atoms with E-state index >= 15 is 0 Å².